The molecule has 0 radical (unpaired) electrons. The van der Waals surface area contributed by atoms with Gasteiger partial charge >= 0.3 is 0 Å². The molecule has 6 heteroatoms. The van der Waals surface area contributed by atoms with Crippen molar-refractivity contribution in [2.24, 2.45) is 0 Å². The van der Waals surface area contributed by atoms with Crippen molar-refractivity contribution in [3.05, 3.63) is 45.8 Å². The molecule has 0 bridgehead atoms. The molecular formula is C17H21N5O. The number of aryl methyl sites for hydroxylation is 3. The third kappa shape index (κ3) is 2.73. The quantitative estimate of drug-likeness (QED) is 0.859. The molecule has 3 heterocycles. The second-order valence-corrected chi connectivity index (χ2v) is 6.44. The third-order valence-electron chi connectivity index (χ3n) is 4.84. The van der Waals surface area contributed by atoms with Gasteiger partial charge in [0.1, 0.15) is 11.6 Å². The van der Waals surface area contributed by atoms with Crippen molar-refractivity contribution in [2.45, 2.75) is 51.6 Å². The zero-order chi connectivity index (χ0) is 15.8. The summed E-state index contributed by atoms with van der Waals surface area (Å²) in [4.78, 5) is 23.3. The van der Waals surface area contributed by atoms with Crippen LogP contribution in [0, 0.1) is 6.92 Å². The summed E-state index contributed by atoms with van der Waals surface area (Å²) in [5, 5.41) is 4.61. The molecule has 1 aliphatic carbocycles. The van der Waals surface area contributed by atoms with Crippen molar-refractivity contribution in [3.63, 3.8) is 0 Å². The summed E-state index contributed by atoms with van der Waals surface area (Å²) in [6.07, 6.45) is 7.08. The van der Waals surface area contributed by atoms with Crippen LogP contribution in [0.15, 0.2) is 23.1 Å². The lowest BCUT2D eigenvalue weighted by Gasteiger charge is -2.26. The summed E-state index contributed by atoms with van der Waals surface area (Å²) in [6.45, 7) is 3.51. The smallest absolute Gasteiger partial charge is 0.267 e. The summed E-state index contributed by atoms with van der Waals surface area (Å²) in [5.74, 6) is 1.73. The van der Waals surface area contributed by atoms with Gasteiger partial charge in [-0.25, -0.2) is 14.6 Å². The van der Waals surface area contributed by atoms with Crippen molar-refractivity contribution in [1.29, 1.82) is 0 Å². The molecule has 1 saturated heterocycles. The SMILES string of the molecule is Cc1nccc(N2CCCC2Cn2nc3c(cc2=O)CCC3)n1. The van der Waals surface area contributed by atoms with Crippen LogP contribution in [0.5, 0.6) is 0 Å². The lowest BCUT2D eigenvalue weighted by Crippen LogP contribution is -2.38. The highest BCUT2D eigenvalue weighted by molar-refractivity contribution is 5.40. The fraction of sp³-hybridized carbons (Fsp3) is 0.529. The molecule has 120 valence electrons. The van der Waals surface area contributed by atoms with Crippen molar-refractivity contribution < 1.29 is 0 Å². The van der Waals surface area contributed by atoms with Gasteiger partial charge in [0.25, 0.3) is 5.56 Å². The molecule has 2 aliphatic rings. The summed E-state index contributed by atoms with van der Waals surface area (Å²) in [5.41, 5.74) is 2.27. The topological polar surface area (TPSA) is 63.9 Å². The molecule has 0 spiro atoms. The zero-order valence-electron chi connectivity index (χ0n) is 13.4. The van der Waals surface area contributed by atoms with E-state index in [1.807, 2.05) is 13.0 Å². The molecule has 23 heavy (non-hydrogen) atoms. The van der Waals surface area contributed by atoms with Crippen LogP contribution < -0.4 is 10.5 Å². The maximum atomic E-state index is 12.3. The first-order chi connectivity index (χ1) is 11.2. The average Bonchev–Trinajstić information content (AvgIpc) is 3.16. The molecule has 2 aromatic rings. The first-order valence-electron chi connectivity index (χ1n) is 8.37. The largest absolute Gasteiger partial charge is 0.352 e. The van der Waals surface area contributed by atoms with Gasteiger partial charge in [-0.15, -0.1) is 0 Å². The molecule has 1 unspecified atom stereocenters. The molecule has 6 nitrogen and oxygen atoms in total. The highest BCUT2D eigenvalue weighted by atomic mass is 16.1. The van der Waals surface area contributed by atoms with Crippen molar-refractivity contribution in [3.8, 4) is 0 Å². The summed E-state index contributed by atoms with van der Waals surface area (Å²) < 4.78 is 1.65. The van der Waals surface area contributed by atoms with E-state index in [0.717, 1.165) is 61.5 Å². The predicted molar refractivity (Wildman–Crippen MR) is 87.7 cm³/mol. The Bertz CT molecular complexity index is 785. The molecule has 1 fully saturated rings. The van der Waals surface area contributed by atoms with Crippen LogP contribution in [0.25, 0.3) is 0 Å². The second kappa shape index (κ2) is 5.76. The molecule has 2 aromatic heterocycles. The summed E-state index contributed by atoms with van der Waals surface area (Å²) >= 11 is 0. The molecule has 0 aromatic carbocycles. The zero-order valence-corrected chi connectivity index (χ0v) is 13.4. The number of hydrogen-bond donors (Lipinski definition) is 0. The lowest BCUT2D eigenvalue weighted by molar-refractivity contribution is 0.481. The average molecular weight is 311 g/mol. The molecule has 1 atom stereocenters. The lowest BCUT2D eigenvalue weighted by atomic mass is 10.2. The predicted octanol–water partition coefficient (Wildman–Crippen LogP) is 1.50. The van der Waals surface area contributed by atoms with Crippen LogP contribution in [0.1, 0.15) is 36.3 Å². The van der Waals surface area contributed by atoms with Gasteiger partial charge in [0.2, 0.25) is 0 Å². The van der Waals surface area contributed by atoms with E-state index in [-0.39, 0.29) is 11.6 Å². The van der Waals surface area contributed by atoms with Crippen molar-refractivity contribution in [1.82, 2.24) is 19.7 Å². The van der Waals surface area contributed by atoms with Gasteiger partial charge in [-0.1, -0.05) is 0 Å². The maximum Gasteiger partial charge on any atom is 0.267 e. The van der Waals surface area contributed by atoms with Crippen LogP contribution in [0.4, 0.5) is 5.82 Å². The first-order valence-corrected chi connectivity index (χ1v) is 8.37. The highest BCUT2D eigenvalue weighted by Gasteiger charge is 2.27. The standard InChI is InChI=1S/C17H21N5O/c1-12-18-8-7-16(19-12)21-9-3-5-14(21)11-22-17(23)10-13-4-2-6-15(13)20-22/h7-8,10,14H,2-6,9,11H2,1H3. The number of fused-ring (bicyclic) bond motifs is 1. The van der Waals surface area contributed by atoms with Crippen LogP contribution in [0.3, 0.4) is 0 Å². The van der Waals surface area contributed by atoms with Gasteiger partial charge in [-0.2, -0.15) is 5.10 Å². The number of hydrogen-bond acceptors (Lipinski definition) is 5. The molecule has 0 saturated carbocycles. The minimum Gasteiger partial charge on any atom is -0.352 e. The van der Waals surface area contributed by atoms with Crippen LogP contribution >= 0.6 is 0 Å². The van der Waals surface area contributed by atoms with Gasteiger partial charge in [-0.05, 0) is 50.7 Å². The Labute approximate surface area is 135 Å². The first kappa shape index (κ1) is 14.4. The maximum absolute atomic E-state index is 12.3. The summed E-state index contributed by atoms with van der Waals surface area (Å²) in [7, 11) is 0. The van der Waals surface area contributed by atoms with Gasteiger partial charge < -0.3 is 4.90 Å². The molecule has 1 aliphatic heterocycles. The van der Waals surface area contributed by atoms with E-state index in [9.17, 15) is 4.79 Å². The molecule has 4 rings (SSSR count). The van der Waals surface area contributed by atoms with Crippen LogP contribution in [-0.4, -0.2) is 32.3 Å². The van der Waals surface area contributed by atoms with E-state index in [1.54, 1.807) is 16.9 Å². The van der Waals surface area contributed by atoms with Gasteiger partial charge in [0, 0.05) is 18.8 Å². The Kier molecular flexibility index (Phi) is 3.59. The monoisotopic (exact) mass is 311 g/mol. The highest BCUT2D eigenvalue weighted by Crippen LogP contribution is 2.24. The van der Waals surface area contributed by atoms with Gasteiger partial charge in [0.15, 0.2) is 0 Å². The normalized spacial score (nSPS) is 20.0. The Hall–Kier alpha value is -2.24. The fourth-order valence-corrected chi connectivity index (χ4v) is 3.70. The van der Waals surface area contributed by atoms with E-state index in [4.69, 9.17) is 0 Å². The number of aromatic nitrogens is 4. The van der Waals surface area contributed by atoms with Crippen LogP contribution in [0.2, 0.25) is 0 Å². The minimum absolute atomic E-state index is 0.0244. The fourth-order valence-electron chi connectivity index (χ4n) is 3.70. The number of anilines is 1. The van der Waals surface area contributed by atoms with E-state index >= 15 is 0 Å². The Balaban J connectivity index is 1.60. The molecular weight excluding hydrogens is 290 g/mol. The third-order valence-corrected chi connectivity index (χ3v) is 4.84. The number of nitrogens with zero attached hydrogens (tertiary/aromatic N) is 5. The minimum atomic E-state index is 0.0244. The van der Waals surface area contributed by atoms with Crippen LogP contribution in [-0.2, 0) is 19.4 Å². The Morgan fingerprint density at radius 3 is 3.09 bits per heavy atom. The summed E-state index contributed by atoms with van der Waals surface area (Å²) in [6, 6.07) is 4.00. The Morgan fingerprint density at radius 2 is 2.22 bits per heavy atom. The van der Waals surface area contributed by atoms with Gasteiger partial charge in [-0.3, -0.25) is 4.79 Å². The van der Waals surface area contributed by atoms with E-state index in [2.05, 4.69) is 20.0 Å². The van der Waals surface area contributed by atoms with Crippen molar-refractivity contribution in [2.75, 3.05) is 11.4 Å². The van der Waals surface area contributed by atoms with Gasteiger partial charge in [0.05, 0.1) is 18.3 Å². The van der Waals surface area contributed by atoms with Crippen molar-refractivity contribution >= 4 is 5.82 Å². The molecule has 0 amide bonds. The van der Waals surface area contributed by atoms with E-state index < -0.39 is 0 Å². The molecule has 0 N–H and O–H groups in total. The van der Waals surface area contributed by atoms with E-state index in [0.29, 0.717) is 6.54 Å². The number of rotatable bonds is 3. The second-order valence-electron chi connectivity index (χ2n) is 6.44. The van der Waals surface area contributed by atoms with E-state index in [1.165, 1.54) is 0 Å². The Morgan fingerprint density at radius 1 is 1.30 bits per heavy atom.